The second-order valence-corrected chi connectivity index (χ2v) is 5.55. The summed E-state index contributed by atoms with van der Waals surface area (Å²) >= 11 is 0. The van der Waals surface area contributed by atoms with E-state index in [2.05, 4.69) is 12.1 Å². The molecular weight excluding hydrogens is 238 g/mol. The Kier molecular flexibility index (Phi) is 5.23. The van der Waals surface area contributed by atoms with Gasteiger partial charge in [0.2, 0.25) is 0 Å². The number of para-hydroxylation sites is 1. The number of aliphatic hydroxyl groups is 1. The maximum absolute atomic E-state index is 9.23. The molecule has 0 bridgehead atoms. The minimum absolute atomic E-state index is 0.328. The van der Waals surface area contributed by atoms with Crippen LogP contribution in [-0.4, -0.2) is 25.4 Å². The highest BCUT2D eigenvalue weighted by atomic mass is 16.5. The van der Waals surface area contributed by atoms with E-state index in [1.165, 1.54) is 5.56 Å². The van der Waals surface area contributed by atoms with E-state index in [1.54, 1.807) is 7.11 Å². The van der Waals surface area contributed by atoms with Gasteiger partial charge in [0.1, 0.15) is 5.75 Å². The minimum atomic E-state index is 0.328. The Morgan fingerprint density at radius 3 is 2.53 bits per heavy atom. The van der Waals surface area contributed by atoms with Gasteiger partial charge in [0.25, 0.3) is 0 Å². The van der Waals surface area contributed by atoms with Crippen molar-refractivity contribution in [2.75, 3.05) is 20.3 Å². The zero-order chi connectivity index (χ0) is 13.7. The van der Waals surface area contributed by atoms with Gasteiger partial charge < -0.3 is 15.6 Å². The first-order valence-electron chi connectivity index (χ1n) is 7.24. The van der Waals surface area contributed by atoms with Gasteiger partial charge in [0.15, 0.2) is 0 Å². The van der Waals surface area contributed by atoms with Crippen LogP contribution in [0.3, 0.4) is 0 Å². The fourth-order valence-corrected chi connectivity index (χ4v) is 3.32. The summed E-state index contributed by atoms with van der Waals surface area (Å²) in [5.41, 5.74) is 7.26. The predicted octanol–water partition coefficient (Wildman–Crippen LogP) is 2.54. The summed E-state index contributed by atoms with van der Waals surface area (Å²) in [6, 6.07) is 8.20. The molecule has 0 spiro atoms. The maximum atomic E-state index is 9.23. The Balaban J connectivity index is 2.12. The Labute approximate surface area is 115 Å². The van der Waals surface area contributed by atoms with Crippen molar-refractivity contribution in [2.24, 2.45) is 17.6 Å². The number of nitrogens with two attached hydrogens (primary N) is 1. The molecule has 0 saturated heterocycles. The molecule has 1 atom stereocenters. The third-order valence-corrected chi connectivity index (χ3v) is 4.51. The number of hydrogen-bond donors (Lipinski definition) is 2. The topological polar surface area (TPSA) is 55.5 Å². The zero-order valence-corrected chi connectivity index (χ0v) is 11.7. The highest BCUT2D eigenvalue weighted by Gasteiger charge is 2.28. The van der Waals surface area contributed by atoms with Crippen LogP contribution >= 0.6 is 0 Å². The van der Waals surface area contributed by atoms with Crippen molar-refractivity contribution in [1.82, 2.24) is 0 Å². The van der Waals surface area contributed by atoms with Gasteiger partial charge in [-0.3, -0.25) is 0 Å². The van der Waals surface area contributed by atoms with Crippen LogP contribution in [0.4, 0.5) is 0 Å². The number of hydrogen-bond acceptors (Lipinski definition) is 3. The normalized spacial score (nSPS) is 25.0. The third kappa shape index (κ3) is 3.28. The van der Waals surface area contributed by atoms with Crippen LogP contribution in [0.25, 0.3) is 0 Å². The summed E-state index contributed by atoms with van der Waals surface area (Å²) in [6.45, 7) is 0.990. The van der Waals surface area contributed by atoms with E-state index < -0.39 is 0 Å². The smallest absolute Gasteiger partial charge is 0.122 e. The van der Waals surface area contributed by atoms with E-state index in [0.717, 1.165) is 31.4 Å². The maximum Gasteiger partial charge on any atom is 0.122 e. The number of ether oxygens (including phenoxy) is 1. The van der Waals surface area contributed by atoms with Crippen molar-refractivity contribution < 1.29 is 9.84 Å². The van der Waals surface area contributed by atoms with Gasteiger partial charge in [-0.25, -0.2) is 0 Å². The minimum Gasteiger partial charge on any atom is -0.496 e. The van der Waals surface area contributed by atoms with Crippen LogP contribution in [0.15, 0.2) is 24.3 Å². The molecule has 1 aliphatic carbocycles. The molecular formula is C16H25NO2. The number of benzene rings is 1. The van der Waals surface area contributed by atoms with E-state index in [9.17, 15) is 5.11 Å². The molecule has 1 saturated carbocycles. The molecule has 1 aromatic carbocycles. The van der Waals surface area contributed by atoms with Crippen LogP contribution in [0.1, 0.15) is 37.2 Å². The molecule has 0 aliphatic heterocycles. The van der Waals surface area contributed by atoms with Crippen LogP contribution < -0.4 is 10.5 Å². The highest BCUT2D eigenvalue weighted by molar-refractivity contribution is 5.37. The second kappa shape index (κ2) is 6.92. The average Bonchev–Trinajstić information content (AvgIpc) is 2.49. The first-order valence-corrected chi connectivity index (χ1v) is 7.24. The lowest BCUT2D eigenvalue weighted by atomic mass is 9.73. The molecule has 2 rings (SSSR count). The molecule has 0 amide bonds. The number of rotatable bonds is 5. The standard InChI is InChI=1S/C16H25NO2/c1-19-16-5-3-2-4-14(16)15(10-17)13-8-6-12(11-18)7-9-13/h2-5,12-13,15,18H,6-11,17H2,1H3. The van der Waals surface area contributed by atoms with Gasteiger partial charge >= 0.3 is 0 Å². The van der Waals surface area contributed by atoms with Crippen LogP contribution in [0.5, 0.6) is 5.75 Å². The molecule has 0 heterocycles. The Morgan fingerprint density at radius 2 is 1.95 bits per heavy atom. The summed E-state index contributed by atoms with van der Waals surface area (Å²) in [5, 5.41) is 9.23. The first kappa shape index (κ1) is 14.4. The molecule has 1 aromatic rings. The van der Waals surface area contributed by atoms with Gasteiger partial charge in [-0.1, -0.05) is 18.2 Å². The van der Waals surface area contributed by atoms with Crippen molar-refractivity contribution in [1.29, 1.82) is 0 Å². The lowest BCUT2D eigenvalue weighted by molar-refractivity contribution is 0.157. The van der Waals surface area contributed by atoms with E-state index in [1.807, 2.05) is 12.1 Å². The summed E-state index contributed by atoms with van der Waals surface area (Å²) < 4.78 is 5.47. The molecule has 0 radical (unpaired) electrons. The molecule has 106 valence electrons. The van der Waals surface area contributed by atoms with Crippen molar-refractivity contribution in [2.45, 2.75) is 31.6 Å². The van der Waals surface area contributed by atoms with Gasteiger partial charge in [-0.15, -0.1) is 0 Å². The average molecular weight is 263 g/mol. The van der Waals surface area contributed by atoms with Crippen LogP contribution in [0, 0.1) is 11.8 Å². The van der Waals surface area contributed by atoms with Crippen molar-refractivity contribution in [3.8, 4) is 5.75 Å². The molecule has 19 heavy (non-hydrogen) atoms. The van der Waals surface area contributed by atoms with Crippen LogP contribution in [0.2, 0.25) is 0 Å². The lowest BCUT2D eigenvalue weighted by Crippen LogP contribution is -2.27. The molecule has 3 heteroatoms. The summed E-state index contributed by atoms with van der Waals surface area (Å²) in [7, 11) is 1.72. The highest BCUT2D eigenvalue weighted by Crippen LogP contribution is 2.40. The molecule has 1 aliphatic rings. The number of methoxy groups -OCH3 is 1. The monoisotopic (exact) mass is 263 g/mol. The second-order valence-electron chi connectivity index (χ2n) is 5.55. The molecule has 1 unspecified atom stereocenters. The van der Waals surface area contributed by atoms with Gasteiger partial charge in [0.05, 0.1) is 7.11 Å². The van der Waals surface area contributed by atoms with Crippen molar-refractivity contribution in [3.05, 3.63) is 29.8 Å². The lowest BCUT2D eigenvalue weighted by Gasteiger charge is -2.33. The molecule has 1 fully saturated rings. The van der Waals surface area contributed by atoms with E-state index in [-0.39, 0.29) is 0 Å². The largest absolute Gasteiger partial charge is 0.496 e. The van der Waals surface area contributed by atoms with E-state index >= 15 is 0 Å². The Morgan fingerprint density at radius 1 is 1.26 bits per heavy atom. The van der Waals surface area contributed by atoms with Crippen LogP contribution in [-0.2, 0) is 0 Å². The van der Waals surface area contributed by atoms with Gasteiger partial charge in [-0.2, -0.15) is 0 Å². The molecule has 3 N–H and O–H groups in total. The Bertz CT molecular complexity index is 386. The molecule has 3 nitrogen and oxygen atoms in total. The van der Waals surface area contributed by atoms with Crippen molar-refractivity contribution in [3.63, 3.8) is 0 Å². The van der Waals surface area contributed by atoms with Crippen molar-refractivity contribution >= 4 is 0 Å². The zero-order valence-electron chi connectivity index (χ0n) is 11.7. The number of aliphatic hydroxyl groups excluding tert-OH is 1. The predicted molar refractivity (Wildman–Crippen MR) is 77.3 cm³/mol. The first-order chi connectivity index (χ1) is 9.30. The third-order valence-electron chi connectivity index (χ3n) is 4.51. The fraction of sp³-hybridized carbons (Fsp3) is 0.625. The van der Waals surface area contributed by atoms with Gasteiger partial charge in [0, 0.05) is 12.5 Å². The van der Waals surface area contributed by atoms with Gasteiger partial charge in [-0.05, 0) is 55.7 Å². The Hall–Kier alpha value is -1.06. The fourth-order valence-electron chi connectivity index (χ4n) is 3.32. The van der Waals surface area contributed by atoms with E-state index in [0.29, 0.717) is 30.9 Å². The summed E-state index contributed by atoms with van der Waals surface area (Å²) in [6.07, 6.45) is 4.55. The quantitative estimate of drug-likeness (QED) is 0.858. The summed E-state index contributed by atoms with van der Waals surface area (Å²) in [4.78, 5) is 0. The SMILES string of the molecule is COc1ccccc1C(CN)C1CCC(CO)CC1. The van der Waals surface area contributed by atoms with E-state index in [4.69, 9.17) is 10.5 Å². The molecule has 0 aromatic heterocycles. The summed E-state index contributed by atoms with van der Waals surface area (Å²) in [5.74, 6) is 2.43.